The molecule has 0 aromatic heterocycles. The minimum Gasteiger partial charge on any atom is -0.506 e. The lowest BCUT2D eigenvalue weighted by atomic mass is 9.74. The predicted octanol–water partition coefficient (Wildman–Crippen LogP) is 2.81. The van der Waals surface area contributed by atoms with Crippen molar-refractivity contribution < 1.29 is 9.90 Å². The first kappa shape index (κ1) is 14.9. The number of aromatic hydroxyl groups is 1. The number of hydrogen-bond donors (Lipinski definition) is 3. The van der Waals surface area contributed by atoms with Gasteiger partial charge in [0, 0.05) is 0 Å². The number of nitrogens with one attached hydrogen (secondary N) is 2. The van der Waals surface area contributed by atoms with Crippen LogP contribution in [-0.2, 0) is 4.79 Å². The molecule has 0 unspecified atom stereocenters. The van der Waals surface area contributed by atoms with Crippen LogP contribution in [0.25, 0.3) is 0 Å². The molecule has 0 aliphatic carbocycles. The van der Waals surface area contributed by atoms with Gasteiger partial charge in [0.2, 0.25) is 5.91 Å². The molecule has 0 bridgehead atoms. The molecular formula is C16H24N2O2. The molecular weight excluding hydrogens is 252 g/mol. The van der Waals surface area contributed by atoms with Crippen molar-refractivity contribution in [2.45, 2.75) is 39.5 Å². The van der Waals surface area contributed by atoms with Crippen molar-refractivity contribution >= 4 is 11.6 Å². The first-order valence-electron chi connectivity index (χ1n) is 7.39. The van der Waals surface area contributed by atoms with Crippen molar-refractivity contribution in [2.24, 2.45) is 5.41 Å². The maximum atomic E-state index is 12.7. The van der Waals surface area contributed by atoms with Gasteiger partial charge in [-0.15, -0.1) is 0 Å². The van der Waals surface area contributed by atoms with Crippen LogP contribution >= 0.6 is 0 Å². The van der Waals surface area contributed by atoms with Crippen molar-refractivity contribution in [3.8, 4) is 5.75 Å². The van der Waals surface area contributed by atoms with Crippen molar-refractivity contribution in [3.05, 3.63) is 23.8 Å². The molecule has 1 aromatic carbocycles. The first-order chi connectivity index (χ1) is 9.57. The zero-order chi connectivity index (χ0) is 14.6. The topological polar surface area (TPSA) is 61.4 Å². The molecule has 4 heteroatoms. The van der Waals surface area contributed by atoms with Gasteiger partial charge < -0.3 is 15.7 Å². The zero-order valence-corrected chi connectivity index (χ0v) is 12.3. The van der Waals surface area contributed by atoms with E-state index in [2.05, 4.69) is 17.6 Å². The lowest BCUT2D eigenvalue weighted by Crippen LogP contribution is -2.44. The number of anilines is 1. The summed E-state index contributed by atoms with van der Waals surface area (Å²) in [5, 5.41) is 16.1. The Kier molecular flexibility index (Phi) is 4.65. The summed E-state index contributed by atoms with van der Waals surface area (Å²) in [4.78, 5) is 12.7. The molecule has 4 nitrogen and oxygen atoms in total. The average molecular weight is 276 g/mol. The van der Waals surface area contributed by atoms with Gasteiger partial charge in [0.1, 0.15) is 5.75 Å². The summed E-state index contributed by atoms with van der Waals surface area (Å²) < 4.78 is 0. The number of phenols is 1. The van der Waals surface area contributed by atoms with E-state index in [0.29, 0.717) is 5.69 Å². The summed E-state index contributed by atoms with van der Waals surface area (Å²) in [5.74, 6) is 0.172. The van der Waals surface area contributed by atoms with Gasteiger partial charge in [0.05, 0.1) is 11.1 Å². The number of piperidine rings is 1. The Balaban J connectivity index is 2.18. The highest BCUT2D eigenvalue weighted by Crippen LogP contribution is 2.36. The lowest BCUT2D eigenvalue weighted by Gasteiger charge is -2.36. The van der Waals surface area contributed by atoms with Crippen LogP contribution in [0.15, 0.2) is 18.2 Å². The molecule has 1 aromatic rings. The van der Waals surface area contributed by atoms with E-state index in [1.807, 2.05) is 19.1 Å². The third kappa shape index (κ3) is 3.12. The van der Waals surface area contributed by atoms with E-state index in [4.69, 9.17) is 0 Å². The first-order valence-corrected chi connectivity index (χ1v) is 7.39. The summed E-state index contributed by atoms with van der Waals surface area (Å²) in [7, 11) is 0. The van der Waals surface area contributed by atoms with Crippen LogP contribution in [0.5, 0.6) is 5.75 Å². The van der Waals surface area contributed by atoms with Gasteiger partial charge in [-0.1, -0.05) is 19.4 Å². The van der Waals surface area contributed by atoms with Gasteiger partial charge in [-0.25, -0.2) is 0 Å². The second-order valence-corrected chi connectivity index (χ2v) is 5.76. The predicted molar refractivity (Wildman–Crippen MR) is 80.9 cm³/mol. The number of carbonyl (C=O) groups excluding carboxylic acids is 1. The van der Waals surface area contributed by atoms with Crippen molar-refractivity contribution in [1.29, 1.82) is 0 Å². The summed E-state index contributed by atoms with van der Waals surface area (Å²) in [5.41, 5.74) is 1.24. The molecule has 1 aliphatic heterocycles. The molecule has 0 spiro atoms. The molecule has 1 fully saturated rings. The molecule has 1 heterocycles. The van der Waals surface area contributed by atoms with Crippen molar-refractivity contribution in [3.63, 3.8) is 0 Å². The van der Waals surface area contributed by atoms with Crippen LogP contribution in [0.4, 0.5) is 5.69 Å². The summed E-state index contributed by atoms with van der Waals surface area (Å²) in [6, 6.07) is 5.27. The molecule has 0 saturated carbocycles. The van der Waals surface area contributed by atoms with E-state index >= 15 is 0 Å². The van der Waals surface area contributed by atoms with Gasteiger partial charge >= 0.3 is 0 Å². The van der Waals surface area contributed by atoms with Crippen LogP contribution < -0.4 is 10.6 Å². The largest absolute Gasteiger partial charge is 0.506 e. The van der Waals surface area contributed by atoms with Crippen LogP contribution in [0.1, 0.15) is 38.2 Å². The van der Waals surface area contributed by atoms with Gasteiger partial charge in [-0.3, -0.25) is 4.79 Å². The third-order valence-corrected chi connectivity index (χ3v) is 4.17. The average Bonchev–Trinajstić information content (AvgIpc) is 2.44. The van der Waals surface area contributed by atoms with Crippen LogP contribution in [0, 0.1) is 12.3 Å². The molecule has 0 radical (unpaired) electrons. The van der Waals surface area contributed by atoms with Gasteiger partial charge in [-0.2, -0.15) is 0 Å². The number of hydrogen-bond acceptors (Lipinski definition) is 3. The molecule has 3 N–H and O–H groups in total. The molecule has 1 aliphatic rings. The zero-order valence-electron chi connectivity index (χ0n) is 12.3. The third-order valence-electron chi connectivity index (χ3n) is 4.17. The quantitative estimate of drug-likeness (QED) is 0.741. The van der Waals surface area contributed by atoms with E-state index in [0.717, 1.165) is 44.3 Å². The molecule has 1 saturated heterocycles. The Labute approximate surface area is 120 Å². The Morgan fingerprint density at radius 3 is 2.75 bits per heavy atom. The number of carbonyl (C=O) groups is 1. The van der Waals surface area contributed by atoms with Crippen LogP contribution in [0.3, 0.4) is 0 Å². The lowest BCUT2D eigenvalue weighted by molar-refractivity contribution is -0.127. The highest BCUT2D eigenvalue weighted by Gasteiger charge is 2.38. The second-order valence-electron chi connectivity index (χ2n) is 5.76. The van der Waals surface area contributed by atoms with Gasteiger partial charge in [0.15, 0.2) is 0 Å². The van der Waals surface area contributed by atoms with Crippen LogP contribution in [-0.4, -0.2) is 24.1 Å². The standard InChI is InChI=1S/C16H24N2O2/c1-3-6-16(7-9-17-10-8-16)15(20)18-13-11-12(2)4-5-14(13)19/h4-5,11,17,19H,3,6-10H2,1-2H3,(H,18,20). The van der Waals surface area contributed by atoms with Crippen molar-refractivity contribution in [1.82, 2.24) is 5.32 Å². The molecule has 1 amide bonds. The van der Waals surface area contributed by atoms with E-state index in [9.17, 15) is 9.90 Å². The van der Waals surface area contributed by atoms with Crippen LogP contribution in [0.2, 0.25) is 0 Å². The number of aryl methyl sites for hydroxylation is 1. The molecule has 2 rings (SSSR count). The minimum absolute atomic E-state index is 0.0433. The number of rotatable bonds is 4. The normalized spacial score (nSPS) is 17.7. The fourth-order valence-electron chi connectivity index (χ4n) is 2.98. The SMILES string of the molecule is CCCC1(C(=O)Nc2cc(C)ccc2O)CCNCC1. The monoisotopic (exact) mass is 276 g/mol. The maximum absolute atomic E-state index is 12.7. The number of benzene rings is 1. The van der Waals surface area contributed by atoms with E-state index in [1.54, 1.807) is 6.07 Å². The van der Waals surface area contributed by atoms with E-state index in [1.165, 1.54) is 0 Å². The number of amides is 1. The summed E-state index contributed by atoms with van der Waals surface area (Å²) >= 11 is 0. The summed E-state index contributed by atoms with van der Waals surface area (Å²) in [6.07, 6.45) is 3.61. The molecule has 0 atom stereocenters. The molecule has 20 heavy (non-hydrogen) atoms. The van der Waals surface area contributed by atoms with Gasteiger partial charge in [-0.05, 0) is 57.0 Å². The van der Waals surface area contributed by atoms with E-state index in [-0.39, 0.29) is 17.1 Å². The Morgan fingerprint density at radius 1 is 1.40 bits per heavy atom. The Bertz CT molecular complexity index is 474. The molecule has 110 valence electrons. The second kappa shape index (κ2) is 6.27. The van der Waals surface area contributed by atoms with Gasteiger partial charge in [0.25, 0.3) is 0 Å². The highest BCUT2D eigenvalue weighted by atomic mass is 16.3. The fourth-order valence-corrected chi connectivity index (χ4v) is 2.98. The fraction of sp³-hybridized carbons (Fsp3) is 0.562. The van der Waals surface area contributed by atoms with Crippen molar-refractivity contribution in [2.75, 3.05) is 18.4 Å². The number of phenolic OH excluding ortho intramolecular Hbond substituents is 1. The van der Waals surface area contributed by atoms with E-state index < -0.39 is 0 Å². The minimum atomic E-state index is -0.295. The smallest absolute Gasteiger partial charge is 0.230 e. The Morgan fingerprint density at radius 2 is 2.10 bits per heavy atom. The Hall–Kier alpha value is -1.55. The highest BCUT2D eigenvalue weighted by molar-refractivity contribution is 5.96. The summed E-state index contributed by atoms with van der Waals surface area (Å²) in [6.45, 7) is 5.82. The maximum Gasteiger partial charge on any atom is 0.230 e.